The summed E-state index contributed by atoms with van der Waals surface area (Å²) in [5.74, 6) is 0.775. The van der Waals surface area contributed by atoms with Crippen LogP contribution < -0.4 is 0 Å². The topological polar surface area (TPSA) is 46.5 Å². The Bertz CT molecular complexity index is 196. The molecule has 1 N–H and O–H groups in total. The monoisotopic (exact) mass is 246 g/mol. The van der Waals surface area contributed by atoms with Crippen LogP contribution in [-0.2, 0) is 8.78 Å². The number of hydrogen-bond acceptors (Lipinski definition) is 3. The summed E-state index contributed by atoms with van der Waals surface area (Å²) < 4.78 is 27.2. The van der Waals surface area contributed by atoms with Crippen LogP contribution in [0.4, 0.5) is 4.20 Å². The first-order chi connectivity index (χ1) is 5.77. The second-order valence-electron chi connectivity index (χ2n) is 3.48. The van der Waals surface area contributed by atoms with Gasteiger partial charge >= 0.3 is 7.91 Å². The Balaban J connectivity index is 3.87. The molecule has 1 unspecified atom stereocenters. The van der Waals surface area contributed by atoms with Crippen LogP contribution in [0, 0.1) is 0 Å². The molecule has 0 heterocycles. The molecule has 80 valence electrons. The van der Waals surface area contributed by atoms with Crippen LogP contribution in [-0.4, -0.2) is 19.0 Å². The Labute approximate surface area is 84.9 Å². The molecule has 0 bridgehead atoms. The van der Waals surface area contributed by atoms with Crippen molar-refractivity contribution in [3.8, 4) is 0 Å². The maximum absolute atomic E-state index is 12.3. The third kappa shape index (κ3) is 8.96. The molecule has 0 saturated carbocycles. The Hall–Kier alpha value is 0.647. The molecule has 0 aromatic rings. The molecule has 13 heavy (non-hydrogen) atoms. The predicted molar refractivity (Wildman–Crippen MR) is 57.4 cm³/mol. The van der Waals surface area contributed by atoms with E-state index in [4.69, 9.17) is 4.89 Å². The van der Waals surface area contributed by atoms with Crippen molar-refractivity contribution in [2.45, 2.75) is 32.0 Å². The maximum atomic E-state index is 12.3. The summed E-state index contributed by atoms with van der Waals surface area (Å²) in [5.41, 5.74) is 0. The van der Waals surface area contributed by atoms with Gasteiger partial charge in [-0.05, 0) is 31.3 Å². The molecular weight excluding hydrogens is 230 g/mol. The van der Waals surface area contributed by atoms with Crippen molar-refractivity contribution in [3.05, 3.63) is 0 Å². The molecule has 0 aromatic carbocycles. The quantitative estimate of drug-likeness (QED) is 0.328. The number of rotatable bonds is 6. The van der Waals surface area contributed by atoms with Gasteiger partial charge in [-0.2, -0.15) is 12.6 Å². The minimum atomic E-state index is -4.79. The molecule has 0 rings (SSSR count). The van der Waals surface area contributed by atoms with Crippen LogP contribution >= 0.6 is 20.5 Å². The van der Waals surface area contributed by atoms with Crippen molar-refractivity contribution in [2.75, 3.05) is 5.75 Å². The second-order valence-corrected chi connectivity index (χ2v) is 9.58. The van der Waals surface area contributed by atoms with Gasteiger partial charge in [0.1, 0.15) is 0 Å². The highest BCUT2D eigenvalue weighted by molar-refractivity contribution is 7.80. The lowest BCUT2D eigenvalue weighted by molar-refractivity contribution is 0.326. The van der Waals surface area contributed by atoms with E-state index in [2.05, 4.69) is 16.8 Å². The van der Waals surface area contributed by atoms with Gasteiger partial charge in [0.2, 0.25) is 8.32 Å². The largest absolute Gasteiger partial charge is 0.500 e. The molecule has 0 spiro atoms. The molecule has 0 saturated heterocycles. The Kier molecular flexibility index (Phi) is 5.78. The number of halogens is 1. The zero-order valence-electron chi connectivity index (χ0n) is 7.86. The zero-order chi connectivity index (χ0) is 10.5. The van der Waals surface area contributed by atoms with E-state index in [0.717, 1.165) is 18.6 Å². The lowest BCUT2D eigenvalue weighted by Crippen LogP contribution is -2.28. The minimum Gasteiger partial charge on any atom is -0.327 e. The fourth-order valence-corrected chi connectivity index (χ4v) is 5.14. The molecule has 0 radical (unpaired) electrons. The average molecular weight is 246 g/mol. The van der Waals surface area contributed by atoms with Gasteiger partial charge in [0, 0.05) is 0 Å². The van der Waals surface area contributed by atoms with Crippen molar-refractivity contribution >= 4 is 28.9 Å². The highest BCUT2D eigenvalue weighted by Gasteiger charge is 2.32. The van der Waals surface area contributed by atoms with Crippen molar-refractivity contribution in [1.29, 1.82) is 0 Å². The first kappa shape index (κ1) is 13.6. The molecule has 1 atom stereocenters. The summed E-state index contributed by atoms with van der Waals surface area (Å²) in [6.45, 7) is 3.46. The summed E-state index contributed by atoms with van der Waals surface area (Å²) in [4.78, 5) is 8.40. The van der Waals surface area contributed by atoms with E-state index in [0.29, 0.717) is 6.04 Å². The van der Waals surface area contributed by atoms with E-state index in [-0.39, 0.29) is 0 Å². The SMILES string of the molecule is C[Si](C)(CCCCS)OP(=O)(O)F. The lowest BCUT2D eigenvalue weighted by Gasteiger charge is -2.21. The van der Waals surface area contributed by atoms with Crippen LogP contribution in [0.5, 0.6) is 0 Å². The molecular formula is C6H16FO3PSSi. The zero-order valence-corrected chi connectivity index (χ0v) is 10.7. The van der Waals surface area contributed by atoms with Gasteiger partial charge < -0.3 is 4.21 Å². The highest BCUT2D eigenvalue weighted by Crippen LogP contribution is 2.47. The smallest absolute Gasteiger partial charge is 0.327 e. The lowest BCUT2D eigenvalue weighted by atomic mass is 10.4. The maximum Gasteiger partial charge on any atom is 0.500 e. The van der Waals surface area contributed by atoms with Crippen molar-refractivity contribution in [1.82, 2.24) is 0 Å². The number of thiol groups is 1. The summed E-state index contributed by atoms with van der Waals surface area (Å²) in [6.07, 6.45) is 1.79. The van der Waals surface area contributed by atoms with E-state index in [1.54, 1.807) is 13.1 Å². The normalized spacial score (nSPS) is 17.0. The Morgan fingerprint density at radius 1 is 1.54 bits per heavy atom. The summed E-state index contributed by atoms with van der Waals surface area (Å²) in [6, 6.07) is 0.683. The van der Waals surface area contributed by atoms with Gasteiger partial charge in [0.05, 0.1) is 0 Å². The summed E-state index contributed by atoms with van der Waals surface area (Å²) in [7, 11) is -7.09. The first-order valence-electron chi connectivity index (χ1n) is 4.11. The van der Waals surface area contributed by atoms with E-state index in [1.807, 2.05) is 0 Å². The molecule has 0 aliphatic carbocycles. The van der Waals surface area contributed by atoms with E-state index in [1.165, 1.54) is 0 Å². The van der Waals surface area contributed by atoms with Crippen LogP contribution in [0.2, 0.25) is 19.1 Å². The molecule has 3 nitrogen and oxygen atoms in total. The van der Waals surface area contributed by atoms with Crippen molar-refractivity contribution in [2.24, 2.45) is 0 Å². The Morgan fingerprint density at radius 3 is 2.46 bits per heavy atom. The minimum absolute atomic E-state index is 0.683. The van der Waals surface area contributed by atoms with E-state index >= 15 is 0 Å². The molecule has 0 amide bonds. The van der Waals surface area contributed by atoms with Gasteiger partial charge in [-0.3, -0.25) is 4.89 Å². The third-order valence-electron chi connectivity index (χ3n) is 1.55. The summed E-state index contributed by atoms with van der Waals surface area (Å²) in [5, 5.41) is 0. The van der Waals surface area contributed by atoms with Gasteiger partial charge in [0.15, 0.2) is 0 Å². The third-order valence-corrected chi connectivity index (χ3v) is 6.30. The predicted octanol–water partition coefficient (Wildman–Crippen LogP) is 2.99. The van der Waals surface area contributed by atoms with Gasteiger partial charge in [-0.15, -0.1) is 4.20 Å². The van der Waals surface area contributed by atoms with Crippen molar-refractivity contribution in [3.63, 3.8) is 0 Å². The fourth-order valence-electron chi connectivity index (χ4n) is 1.01. The molecule has 0 fully saturated rings. The first-order valence-corrected chi connectivity index (χ1v) is 9.32. The average Bonchev–Trinajstić information content (AvgIpc) is 1.81. The van der Waals surface area contributed by atoms with E-state index < -0.39 is 16.2 Å². The van der Waals surface area contributed by atoms with Crippen LogP contribution in [0.1, 0.15) is 12.8 Å². The van der Waals surface area contributed by atoms with Crippen LogP contribution in [0.3, 0.4) is 0 Å². The van der Waals surface area contributed by atoms with Crippen molar-refractivity contribution < 1.29 is 17.9 Å². The Morgan fingerprint density at radius 2 is 2.08 bits per heavy atom. The summed E-state index contributed by atoms with van der Waals surface area (Å²) >= 11 is 4.03. The standard InChI is InChI=1S/C6H16FO3PSSi/c1-13(2,6-4-3-5-12)10-11(7,8)9/h12H,3-6H2,1-2H3,(H,8,9). The van der Waals surface area contributed by atoms with Gasteiger partial charge in [0.25, 0.3) is 0 Å². The second kappa shape index (κ2) is 5.51. The fraction of sp³-hybridized carbons (Fsp3) is 1.00. The molecule has 0 aliphatic heterocycles. The van der Waals surface area contributed by atoms with E-state index in [9.17, 15) is 8.76 Å². The van der Waals surface area contributed by atoms with Gasteiger partial charge in [-0.25, -0.2) is 4.57 Å². The van der Waals surface area contributed by atoms with Gasteiger partial charge in [-0.1, -0.05) is 6.42 Å². The number of unbranched alkanes of at least 4 members (excludes halogenated alkanes) is 1. The highest BCUT2D eigenvalue weighted by atomic mass is 32.1. The molecule has 7 heteroatoms. The molecule has 0 aliphatic rings. The van der Waals surface area contributed by atoms with Crippen LogP contribution in [0.25, 0.3) is 0 Å². The molecule has 0 aromatic heterocycles. The van der Waals surface area contributed by atoms with Crippen LogP contribution in [0.15, 0.2) is 0 Å². The number of hydrogen-bond donors (Lipinski definition) is 2.